The fourth-order valence-electron chi connectivity index (χ4n) is 5.47. The van der Waals surface area contributed by atoms with E-state index in [-0.39, 0.29) is 6.04 Å². The maximum Gasteiger partial charge on any atom is 0.139 e. The molecule has 1 fully saturated rings. The number of para-hydroxylation sites is 3. The lowest BCUT2D eigenvalue weighted by atomic mass is 9.69. The van der Waals surface area contributed by atoms with Crippen molar-refractivity contribution < 1.29 is 0 Å². The number of nitrogens with one attached hydrogen (secondary N) is 1. The van der Waals surface area contributed by atoms with E-state index in [0.717, 1.165) is 65.4 Å². The van der Waals surface area contributed by atoms with Crippen molar-refractivity contribution in [1.82, 2.24) is 19.7 Å². The van der Waals surface area contributed by atoms with Gasteiger partial charge in [-0.1, -0.05) is 30.3 Å². The first-order chi connectivity index (χ1) is 15.2. The number of rotatable bonds is 2. The van der Waals surface area contributed by atoms with E-state index in [2.05, 4.69) is 39.7 Å². The number of aromatic amines is 1. The maximum absolute atomic E-state index is 10.6. The highest BCUT2D eigenvalue weighted by Crippen LogP contribution is 2.47. The number of fused-ring (bicyclic) bond motifs is 4. The van der Waals surface area contributed by atoms with E-state index in [1.54, 1.807) is 0 Å². The van der Waals surface area contributed by atoms with Gasteiger partial charge < -0.3 is 9.88 Å². The molecule has 2 aliphatic heterocycles. The normalized spacial score (nSPS) is 22.7. The van der Waals surface area contributed by atoms with Gasteiger partial charge in [0.05, 0.1) is 34.5 Å². The predicted molar refractivity (Wildman–Crippen MR) is 120 cm³/mol. The van der Waals surface area contributed by atoms with E-state index in [1.165, 1.54) is 0 Å². The molecule has 0 saturated carbocycles. The van der Waals surface area contributed by atoms with E-state index < -0.39 is 5.41 Å². The number of nitrogens with zero attached hydrogens (tertiary/aromatic N) is 5. The van der Waals surface area contributed by atoms with Gasteiger partial charge in [0.2, 0.25) is 0 Å². The van der Waals surface area contributed by atoms with Gasteiger partial charge in [-0.25, -0.2) is 9.67 Å². The van der Waals surface area contributed by atoms with Crippen LogP contribution in [0.2, 0.25) is 0 Å². The number of anilines is 1. The van der Waals surface area contributed by atoms with Crippen molar-refractivity contribution >= 4 is 16.9 Å². The zero-order valence-electron chi connectivity index (χ0n) is 17.5. The third-order valence-corrected chi connectivity index (χ3v) is 6.97. The Balaban J connectivity index is 1.57. The second-order valence-electron chi connectivity index (χ2n) is 8.70. The number of benzene rings is 2. The van der Waals surface area contributed by atoms with Crippen LogP contribution in [0.5, 0.6) is 0 Å². The van der Waals surface area contributed by atoms with E-state index in [0.29, 0.717) is 6.42 Å². The Labute approximate surface area is 181 Å². The number of aromatic nitrogens is 4. The van der Waals surface area contributed by atoms with Crippen LogP contribution in [0, 0.1) is 18.3 Å². The van der Waals surface area contributed by atoms with Crippen molar-refractivity contribution in [2.45, 2.75) is 44.1 Å². The molecule has 6 rings (SSSR count). The SMILES string of the molecule is Cc1nn(-c2ccccc2)c2c1C[C@@](C#N)(c1nc3ccccc3[nH]1)[C@@H]1CCCCN21. The minimum atomic E-state index is -0.720. The highest BCUT2D eigenvalue weighted by atomic mass is 15.4. The van der Waals surface area contributed by atoms with Gasteiger partial charge in [-0.15, -0.1) is 0 Å². The van der Waals surface area contributed by atoms with Crippen LogP contribution in [0.3, 0.4) is 0 Å². The molecule has 0 bridgehead atoms. The molecule has 6 nitrogen and oxygen atoms in total. The van der Waals surface area contributed by atoms with Crippen LogP contribution in [0.1, 0.15) is 36.3 Å². The Morgan fingerprint density at radius 2 is 1.90 bits per heavy atom. The van der Waals surface area contributed by atoms with Gasteiger partial charge in [0.1, 0.15) is 17.1 Å². The second-order valence-corrected chi connectivity index (χ2v) is 8.70. The van der Waals surface area contributed by atoms with Gasteiger partial charge >= 0.3 is 0 Å². The number of piperidine rings is 1. The summed E-state index contributed by atoms with van der Waals surface area (Å²) in [5, 5.41) is 15.6. The number of nitriles is 1. The van der Waals surface area contributed by atoms with E-state index in [9.17, 15) is 5.26 Å². The molecular formula is C25H24N6. The lowest BCUT2D eigenvalue weighted by Gasteiger charge is -2.48. The Bertz CT molecular complexity index is 1280. The fraction of sp³-hybridized carbons (Fsp3) is 0.320. The van der Waals surface area contributed by atoms with E-state index in [1.807, 2.05) is 42.5 Å². The molecule has 2 aromatic heterocycles. The van der Waals surface area contributed by atoms with Crippen molar-refractivity contribution in [2.24, 2.45) is 0 Å². The molecule has 2 aromatic carbocycles. The molecule has 4 aromatic rings. The summed E-state index contributed by atoms with van der Waals surface area (Å²) in [6.07, 6.45) is 3.84. The van der Waals surface area contributed by atoms with Crippen molar-refractivity contribution in [2.75, 3.05) is 11.4 Å². The molecule has 4 heterocycles. The number of hydrogen-bond acceptors (Lipinski definition) is 4. The van der Waals surface area contributed by atoms with Gasteiger partial charge in [0.15, 0.2) is 0 Å². The summed E-state index contributed by atoms with van der Waals surface area (Å²) in [7, 11) is 0. The van der Waals surface area contributed by atoms with Crippen molar-refractivity contribution in [1.29, 1.82) is 5.26 Å². The Kier molecular flexibility index (Phi) is 3.94. The number of hydrogen-bond donors (Lipinski definition) is 1. The van der Waals surface area contributed by atoms with Crippen LogP contribution in [0.25, 0.3) is 16.7 Å². The molecule has 31 heavy (non-hydrogen) atoms. The average molecular weight is 409 g/mol. The molecular weight excluding hydrogens is 384 g/mol. The van der Waals surface area contributed by atoms with Gasteiger partial charge in [0, 0.05) is 18.5 Å². The molecule has 0 aliphatic carbocycles. The van der Waals surface area contributed by atoms with E-state index in [4.69, 9.17) is 10.1 Å². The van der Waals surface area contributed by atoms with Gasteiger partial charge in [-0.3, -0.25) is 0 Å². The monoisotopic (exact) mass is 408 g/mol. The Hall–Kier alpha value is -3.59. The summed E-state index contributed by atoms with van der Waals surface area (Å²) in [5.74, 6) is 1.93. The highest BCUT2D eigenvalue weighted by molar-refractivity contribution is 5.75. The molecule has 2 atom stereocenters. The fourth-order valence-corrected chi connectivity index (χ4v) is 5.47. The molecule has 2 aliphatic rings. The smallest absolute Gasteiger partial charge is 0.139 e. The number of H-pyrrole nitrogens is 1. The summed E-state index contributed by atoms with van der Waals surface area (Å²) >= 11 is 0. The second kappa shape index (κ2) is 6.71. The maximum atomic E-state index is 10.6. The minimum Gasteiger partial charge on any atom is -0.351 e. The first-order valence-electron chi connectivity index (χ1n) is 11.0. The van der Waals surface area contributed by atoms with Crippen molar-refractivity contribution in [3.63, 3.8) is 0 Å². The first-order valence-corrected chi connectivity index (χ1v) is 11.0. The third kappa shape index (κ3) is 2.56. The molecule has 0 amide bonds. The standard InChI is InChI=1S/C25H24N6/c1-17-19-15-25(16-26,24-27-20-11-5-6-12-21(20)28-24)22-13-7-8-14-30(22)23(19)31(29-17)18-9-3-2-4-10-18/h2-6,9-12,22H,7-8,13-15H2,1H3,(H,27,28)/t22-,25-/m0/s1. The van der Waals surface area contributed by atoms with E-state index >= 15 is 0 Å². The van der Waals surface area contributed by atoms with Crippen LogP contribution < -0.4 is 4.90 Å². The Morgan fingerprint density at radius 1 is 1.10 bits per heavy atom. The molecule has 1 saturated heterocycles. The number of imidazole rings is 1. The largest absolute Gasteiger partial charge is 0.351 e. The molecule has 154 valence electrons. The quantitative estimate of drug-likeness (QED) is 0.532. The molecule has 0 radical (unpaired) electrons. The summed E-state index contributed by atoms with van der Waals surface area (Å²) in [6, 6.07) is 21.1. The van der Waals surface area contributed by atoms with Crippen LogP contribution in [0.15, 0.2) is 54.6 Å². The summed E-state index contributed by atoms with van der Waals surface area (Å²) in [4.78, 5) is 10.8. The topological polar surface area (TPSA) is 73.5 Å². The van der Waals surface area contributed by atoms with Crippen LogP contribution >= 0.6 is 0 Å². The van der Waals surface area contributed by atoms with Crippen molar-refractivity contribution in [3.8, 4) is 11.8 Å². The van der Waals surface area contributed by atoms with Crippen LogP contribution in [-0.4, -0.2) is 32.3 Å². The Morgan fingerprint density at radius 3 is 2.71 bits per heavy atom. The zero-order chi connectivity index (χ0) is 21.0. The highest BCUT2D eigenvalue weighted by Gasteiger charge is 2.53. The summed E-state index contributed by atoms with van der Waals surface area (Å²) < 4.78 is 2.07. The predicted octanol–water partition coefficient (Wildman–Crippen LogP) is 4.43. The molecule has 1 N–H and O–H groups in total. The van der Waals surface area contributed by atoms with Crippen LogP contribution in [0.4, 0.5) is 5.82 Å². The van der Waals surface area contributed by atoms with Crippen molar-refractivity contribution in [3.05, 3.63) is 71.7 Å². The van der Waals surface area contributed by atoms with Gasteiger partial charge in [-0.2, -0.15) is 10.4 Å². The van der Waals surface area contributed by atoms with Gasteiger partial charge in [0.25, 0.3) is 0 Å². The molecule has 0 unspecified atom stereocenters. The van der Waals surface area contributed by atoms with Gasteiger partial charge in [-0.05, 0) is 50.5 Å². The first kappa shape index (κ1) is 18.2. The lowest BCUT2D eigenvalue weighted by Crippen LogP contribution is -2.57. The average Bonchev–Trinajstić information content (AvgIpc) is 3.40. The van der Waals surface area contributed by atoms with Crippen LogP contribution in [-0.2, 0) is 11.8 Å². The molecule has 0 spiro atoms. The summed E-state index contributed by atoms with van der Waals surface area (Å²) in [6.45, 7) is 2.99. The summed E-state index contributed by atoms with van der Waals surface area (Å²) in [5.41, 5.74) is 4.38. The lowest BCUT2D eigenvalue weighted by molar-refractivity contribution is 0.311. The minimum absolute atomic E-state index is 0.0675. The molecule has 6 heteroatoms. The zero-order valence-corrected chi connectivity index (χ0v) is 17.5. The number of aryl methyl sites for hydroxylation is 1. The third-order valence-electron chi connectivity index (χ3n) is 6.97.